The Morgan fingerprint density at radius 1 is 1.56 bits per heavy atom. The lowest BCUT2D eigenvalue weighted by Crippen LogP contribution is -2.16. The molecule has 0 amide bonds. The van der Waals surface area contributed by atoms with Gasteiger partial charge in [0.2, 0.25) is 0 Å². The van der Waals surface area contributed by atoms with E-state index in [0.29, 0.717) is 10.0 Å². The normalized spacial score (nSPS) is 12.4. The van der Waals surface area contributed by atoms with E-state index in [1.807, 2.05) is 0 Å². The second kappa shape index (κ2) is 5.24. The molecule has 1 rings (SSSR count). The first-order valence-electron chi connectivity index (χ1n) is 4.47. The lowest BCUT2D eigenvalue weighted by Gasteiger charge is -2.09. The van der Waals surface area contributed by atoms with Gasteiger partial charge in [-0.1, -0.05) is 6.07 Å². The maximum atomic E-state index is 10.8. The Hall–Kier alpha value is -1.18. The molecule has 0 bridgehead atoms. The topological polar surface area (TPSA) is 110 Å². The van der Waals surface area contributed by atoms with Crippen molar-refractivity contribution in [3.8, 4) is 0 Å². The number of nitrogen functional groups attached to an aromatic ring is 1. The Bertz CT molecular complexity index is 411. The van der Waals surface area contributed by atoms with Gasteiger partial charge in [0.1, 0.15) is 5.69 Å². The van der Waals surface area contributed by atoms with Gasteiger partial charge in [0.15, 0.2) is 0 Å². The number of nitrogens with zero attached hydrogens (tertiary/aromatic N) is 1. The maximum absolute atomic E-state index is 10.8. The van der Waals surface area contributed by atoms with E-state index in [1.54, 1.807) is 6.07 Å². The molecule has 1 unspecified atom stereocenters. The van der Waals surface area contributed by atoms with Crippen molar-refractivity contribution in [3.63, 3.8) is 0 Å². The van der Waals surface area contributed by atoms with Crippen LogP contribution in [-0.4, -0.2) is 27.8 Å². The summed E-state index contributed by atoms with van der Waals surface area (Å²) in [5.41, 5.74) is 5.65. The molecule has 0 aromatic heterocycles. The van der Waals surface area contributed by atoms with Crippen molar-refractivity contribution in [2.45, 2.75) is 12.5 Å². The summed E-state index contributed by atoms with van der Waals surface area (Å²) in [6.07, 6.45) is -1.04. The van der Waals surface area contributed by atoms with Crippen LogP contribution in [0.3, 0.4) is 0 Å². The number of hydrogen-bond donors (Lipinski definition) is 3. The number of nitro benzene ring substituents is 1. The third kappa shape index (κ3) is 2.69. The summed E-state index contributed by atoms with van der Waals surface area (Å²) >= 11 is 3.09. The number of halogens is 1. The number of hydrogen-bond acceptors (Lipinski definition) is 5. The first-order chi connectivity index (χ1) is 7.47. The zero-order valence-corrected chi connectivity index (χ0v) is 9.85. The number of aliphatic hydroxyl groups excluding tert-OH is 2. The average Bonchev–Trinajstić information content (AvgIpc) is 2.23. The molecule has 88 valence electrons. The van der Waals surface area contributed by atoms with E-state index in [4.69, 9.17) is 10.8 Å². The number of aliphatic hydroxyl groups is 2. The lowest BCUT2D eigenvalue weighted by molar-refractivity contribution is -0.384. The van der Waals surface area contributed by atoms with Crippen LogP contribution in [0.1, 0.15) is 5.56 Å². The van der Waals surface area contributed by atoms with E-state index in [9.17, 15) is 15.2 Å². The highest BCUT2D eigenvalue weighted by atomic mass is 79.9. The van der Waals surface area contributed by atoms with Crippen molar-refractivity contribution in [2.24, 2.45) is 0 Å². The molecule has 7 heteroatoms. The van der Waals surface area contributed by atoms with Crippen molar-refractivity contribution >= 4 is 27.3 Å². The molecule has 0 fully saturated rings. The van der Waals surface area contributed by atoms with Gasteiger partial charge in [-0.3, -0.25) is 10.1 Å². The third-order valence-electron chi connectivity index (χ3n) is 2.10. The van der Waals surface area contributed by atoms with E-state index in [1.165, 1.54) is 6.07 Å². The van der Waals surface area contributed by atoms with E-state index in [2.05, 4.69) is 15.9 Å². The fourth-order valence-electron chi connectivity index (χ4n) is 1.33. The standard InChI is InChI=1S/C9H11BrN2O4/c10-7-2-1-5(3-6(14)4-13)9(8(7)11)12(15)16/h1-2,6,13-14H,3-4,11H2. The fourth-order valence-corrected chi connectivity index (χ4v) is 1.65. The highest BCUT2D eigenvalue weighted by Gasteiger charge is 2.21. The molecule has 1 aromatic rings. The van der Waals surface area contributed by atoms with Crippen LogP contribution in [0.5, 0.6) is 0 Å². The second-order valence-corrected chi connectivity index (χ2v) is 4.12. The Morgan fingerprint density at radius 2 is 2.19 bits per heavy atom. The van der Waals surface area contributed by atoms with Gasteiger partial charge in [0, 0.05) is 16.5 Å². The Labute approximate surface area is 100.0 Å². The summed E-state index contributed by atoms with van der Waals surface area (Å²) in [5.74, 6) is 0. The van der Waals surface area contributed by atoms with Crippen LogP contribution in [0.15, 0.2) is 16.6 Å². The molecule has 16 heavy (non-hydrogen) atoms. The van der Waals surface area contributed by atoms with Gasteiger partial charge in [-0.2, -0.15) is 0 Å². The van der Waals surface area contributed by atoms with E-state index in [0.717, 1.165) is 0 Å². The quantitative estimate of drug-likeness (QED) is 0.432. The van der Waals surface area contributed by atoms with Gasteiger partial charge >= 0.3 is 0 Å². The van der Waals surface area contributed by atoms with E-state index < -0.39 is 17.6 Å². The van der Waals surface area contributed by atoms with Crippen LogP contribution in [0.25, 0.3) is 0 Å². The van der Waals surface area contributed by atoms with Gasteiger partial charge < -0.3 is 15.9 Å². The smallest absolute Gasteiger partial charge is 0.296 e. The summed E-state index contributed by atoms with van der Waals surface area (Å²) in [4.78, 5) is 10.2. The van der Waals surface area contributed by atoms with Crippen LogP contribution in [0, 0.1) is 10.1 Å². The lowest BCUT2D eigenvalue weighted by atomic mass is 10.1. The molecule has 0 spiro atoms. The Balaban J connectivity index is 3.18. The van der Waals surface area contributed by atoms with Gasteiger partial charge in [0.25, 0.3) is 5.69 Å². The molecule has 6 nitrogen and oxygen atoms in total. The molecule has 0 aliphatic heterocycles. The second-order valence-electron chi connectivity index (χ2n) is 3.27. The molecule has 0 radical (unpaired) electrons. The zero-order chi connectivity index (χ0) is 12.3. The van der Waals surface area contributed by atoms with Gasteiger partial charge in [-0.05, 0) is 22.0 Å². The minimum atomic E-state index is -1.03. The fraction of sp³-hybridized carbons (Fsp3) is 0.333. The molecular weight excluding hydrogens is 280 g/mol. The maximum Gasteiger partial charge on any atom is 0.296 e. The number of rotatable bonds is 4. The molecule has 0 saturated carbocycles. The van der Waals surface area contributed by atoms with Crippen LogP contribution >= 0.6 is 15.9 Å². The SMILES string of the molecule is Nc1c(Br)ccc(CC(O)CO)c1[N+](=O)[O-]. The number of anilines is 1. The minimum absolute atomic E-state index is 0.00963. The molecule has 0 saturated heterocycles. The van der Waals surface area contributed by atoms with Crippen molar-refractivity contribution in [1.82, 2.24) is 0 Å². The first-order valence-corrected chi connectivity index (χ1v) is 5.26. The molecule has 1 atom stereocenters. The molecule has 0 heterocycles. The van der Waals surface area contributed by atoms with Gasteiger partial charge in [-0.25, -0.2) is 0 Å². The highest BCUT2D eigenvalue weighted by Crippen LogP contribution is 2.33. The van der Waals surface area contributed by atoms with Gasteiger partial charge in [-0.15, -0.1) is 0 Å². The van der Waals surface area contributed by atoms with Crippen molar-refractivity contribution in [1.29, 1.82) is 0 Å². The largest absolute Gasteiger partial charge is 0.394 e. The third-order valence-corrected chi connectivity index (χ3v) is 2.79. The van der Waals surface area contributed by atoms with Crippen molar-refractivity contribution < 1.29 is 15.1 Å². The molecule has 1 aromatic carbocycles. The Morgan fingerprint density at radius 3 is 2.69 bits per heavy atom. The molecule has 4 N–H and O–H groups in total. The predicted molar refractivity (Wildman–Crippen MR) is 62.0 cm³/mol. The molecular formula is C9H11BrN2O4. The van der Waals surface area contributed by atoms with Crippen molar-refractivity contribution in [2.75, 3.05) is 12.3 Å². The summed E-state index contributed by atoms with van der Waals surface area (Å²) in [6.45, 7) is -0.451. The summed E-state index contributed by atoms with van der Waals surface area (Å²) < 4.78 is 0.432. The van der Waals surface area contributed by atoms with Crippen LogP contribution in [-0.2, 0) is 6.42 Å². The monoisotopic (exact) mass is 290 g/mol. The summed E-state index contributed by atoms with van der Waals surface area (Å²) in [7, 11) is 0. The summed E-state index contributed by atoms with van der Waals surface area (Å²) in [6, 6.07) is 3.07. The summed E-state index contributed by atoms with van der Waals surface area (Å²) in [5, 5.41) is 28.8. The van der Waals surface area contributed by atoms with E-state index >= 15 is 0 Å². The number of benzene rings is 1. The van der Waals surface area contributed by atoms with Crippen LogP contribution in [0.2, 0.25) is 0 Å². The van der Waals surface area contributed by atoms with Crippen molar-refractivity contribution in [3.05, 3.63) is 32.3 Å². The van der Waals surface area contributed by atoms with Crippen LogP contribution < -0.4 is 5.73 Å². The highest BCUT2D eigenvalue weighted by molar-refractivity contribution is 9.10. The number of nitrogens with two attached hydrogens (primary N) is 1. The Kier molecular flexibility index (Phi) is 4.22. The van der Waals surface area contributed by atoms with E-state index in [-0.39, 0.29) is 17.8 Å². The first kappa shape index (κ1) is 12.9. The number of nitro groups is 1. The molecule has 0 aliphatic rings. The van der Waals surface area contributed by atoms with Gasteiger partial charge in [0.05, 0.1) is 17.6 Å². The minimum Gasteiger partial charge on any atom is -0.394 e. The molecule has 0 aliphatic carbocycles. The van der Waals surface area contributed by atoms with Crippen LogP contribution in [0.4, 0.5) is 11.4 Å². The average molecular weight is 291 g/mol. The predicted octanol–water partition coefficient (Wildman–Crippen LogP) is 0.835. The zero-order valence-electron chi connectivity index (χ0n) is 8.26.